The minimum atomic E-state index is -0.986. The third-order valence-corrected chi connectivity index (χ3v) is 8.42. The van der Waals surface area contributed by atoms with Crippen LogP contribution in [0.15, 0.2) is 65.1 Å². The van der Waals surface area contributed by atoms with Gasteiger partial charge in [-0.2, -0.15) is 0 Å². The summed E-state index contributed by atoms with van der Waals surface area (Å²) in [5.74, 6) is -0.656. The van der Waals surface area contributed by atoms with E-state index in [-0.39, 0.29) is 17.6 Å². The molecule has 1 aliphatic carbocycles. The molecular weight excluding hydrogens is 492 g/mol. The van der Waals surface area contributed by atoms with Gasteiger partial charge in [0.2, 0.25) is 11.8 Å². The first kappa shape index (κ1) is 26.7. The minimum Gasteiger partial charge on any atom is -0.497 e. The number of ketones is 1. The smallest absolute Gasteiger partial charge is 0.240 e. The average Bonchev–Trinajstić information content (AvgIpc) is 3.50. The highest BCUT2D eigenvalue weighted by Crippen LogP contribution is 2.52. The van der Waals surface area contributed by atoms with Gasteiger partial charge in [0.15, 0.2) is 5.78 Å². The lowest BCUT2D eigenvalue weighted by Gasteiger charge is -2.35. The molecule has 2 aliphatic rings. The van der Waals surface area contributed by atoms with Gasteiger partial charge in [-0.3, -0.25) is 14.4 Å². The maximum atomic E-state index is 14.5. The molecule has 3 aromatic rings. The monoisotopic (exact) mass is 528 g/mol. The number of aryl methyl sites for hydroxylation is 2. The lowest BCUT2D eigenvalue weighted by molar-refractivity contribution is -0.144. The topological polar surface area (TPSA) is 103 Å². The predicted octanol–water partition coefficient (Wildman–Crippen LogP) is 5.51. The average molecular weight is 529 g/mol. The molecule has 1 saturated carbocycles. The van der Waals surface area contributed by atoms with E-state index in [4.69, 9.17) is 14.9 Å². The highest BCUT2D eigenvalue weighted by Gasteiger charge is 2.57. The Morgan fingerprint density at radius 1 is 0.923 bits per heavy atom. The van der Waals surface area contributed by atoms with E-state index in [0.717, 1.165) is 43.2 Å². The molecule has 4 unspecified atom stereocenters. The third-order valence-electron chi connectivity index (χ3n) is 8.42. The highest BCUT2D eigenvalue weighted by molar-refractivity contribution is 6.02. The van der Waals surface area contributed by atoms with Crippen LogP contribution in [0.3, 0.4) is 0 Å². The fraction of sp³-hybridized carbons (Fsp3) is 0.406. The second-order valence-corrected chi connectivity index (χ2v) is 10.8. The Morgan fingerprint density at radius 2 is 1.59 bits per heavy atom. The van der Waals surface area contributed by atoms with Crippen molar-refractivity contribution >= 4 is 17.6 Å². The van der Waals surface area contributed by atoms with Crippen LogP contribution in [0.1, 0.15) is 77.1 Å². The lowest BCUT2D eigenvalue weighted by Crippen LogP contribution is -2.49. The van der Waals surface area contributed by atoms with Crippen LogP contribution in [0.5, 0.6) is 5.75 Å². The van der Waals surface area contributed by atoms with E-state index < -0.39 is 29.8 Å². The number of primary amides is 1. The molecule has 2 amide bonds. The standard InChI is InChI=1S/C32H36N2O5/c1-19-18-25(20(2)39-19)30(35)27-26(21-14-16-24(38-3)17-15-21)29(31(33)36)34(28(27)22-10-6-4-7-11-22)32(37)23-12-8-5-9-13-23/h4,6-7,10-11,14-18,23,26-29H,5,8-9,12-13H2,1-3H3,(H2,33,36). The van der Waals surface area contributed by atoms with E-state index in [1.54, 1.807) is 31.9 Å². The maximum absolute atomic E-state index is 14.5. The van der Waals surface area contributed by atoms with E-state index in [1.807, 2.05) is 54.6 Å². The molecule has 0 bridgehead atoms. The van der Waals surface area contributed by atoms with Crippen LogP contribution in [-0.4, -0.2) is 35.6 Å². The number of Topliss-reactive ketones (excluding diaryl/α,β-unsaturated/α-hetero) is 1. The summed E-state index contributed by atoms with van der Waals surface area (Å²) in [5.41, 5.74) is 8.16. The molecule has 204 valence electrons. The van der Waals surface area contributed by atoms with Crippen molar-refractivity contribution in [3.63, 3.8) is 0 Å². The number of benzene rings is 2. The van der Waals surface area contributed by atoms with Crippen molar-refractivity contribution in [1.82, 2.24) is 4.90 Å². The number of rotatable bonds is 7. The Morgan fingerprint density at radius 3 is 2.15 bits per heavy atom. The van der Waals surface area contributed by atoms with Crippen LogP contribution in [-0.2, 0) is 9.59 Å². The molecule has 5 rings (SSSR count). The van der Waals surface area contributed by atoms with Crippen LogP contribution < -0.4 is 10.5 Å². The quantitative estimate of drug-likeness (QED) is 0.408. The van der Waals surface area contributed by atoms with E-state index >= 15 is 0 Å². The molecule has 0 radical (unpaired) electrons. The SMILES string of the molecule is COc1ccc(C2C(C(=O)c3cc(C)oc3C)C(c3ccccc3)N(C(=O)C3CCCCC3)C2C(N)=O)cc1. The van der Waals surface area contributed by atoms with Crippen LogP contribution in [0.25, 0.3) is 0 Å². The van der Waals surface area contributed by atoms with Crippen LogP contribution in [0.2, 0.25) is 0 Å². The Hall–Kier alpha value is -3.87. The van der Waals surface area contributed by atoms with Gasteiger partial charge in [0.25, 0.3) is 0 Å². The molecule has 2 aromatic carbocycles. The minimum absolute atomic E-state index is 0.0961. The van der Waals surface area contributed by atoms with Crippen LogP contribution in [0.4, 0.5) is 0 Å². The fourth-order valence-electron chi connectivity index (χ4n) is 6.66. The highest BCUT2D eigenvalue weighted by atomic mass is 16.5. The largest absolute Gasteiger partial charge is 0.497 e. The maximum Gasteiger partial charge on any atom is 0.240 e. The van der Waals surface area contributed by atoms with Crippen molar-refractivity contribution in [2.24, 2.45) is 17.6 Å². The summed E-state index contributed by atoms with van der Waals surface area (Å²) in [6, 6.07) is 17.0. The third kappa shape index (κ3) is 4.98. The van der Waals surface area contributed by atoms with Gasteiger partial charge in [0.1, 0.15) is 23.3 Å². The zero-order valence-corrected chi connectivity index (χ0v) is 22.8. The predicted molar refractivity (Wildman–Crippen MR) is 147 cm³/mol. The van der Waals surface area contributed by atoms with Crippen molar-refractivity contribution in [2.75, 3.05) is 7.11 Å². The molecule has 2 fully saturated rings. The second-order valence-electron chi connectivity index (χ2n) is 10.8. The zero-order valence-electron chi connectivity index (χ0n) is 22.8. The summed E-state index contributed by atoms with van der Waals surface area (Å²) >= 11 is 0. The first-order chi connectivity index (χ1) is 18.8. The Kier molecular flexibility index (Phi) is 7.60. The van der Waals surface area contributed by atoms with E-state index in [1.165, 1.54) is 0 Å². The summed E-state index contributed by atoms with van der Waals surface area (Å²) in [7, 11) is 1.59. The number of carbonyl (C=O) groups excluding carboxylic acids is 3. The molecule has 7 nitrogen and oxygen atoms in total. The first-order valence-electron chi connectivity index (χ1n) is 13.7. The number of hydrogen-bond donors (Lipinski definition) is 1. The van der Waals surface area contributed by atoms with Gasteiger partial charge < -0.3 is 19.8 Å². The molecule has 2 heterocycles. The van der Waals surface area contributed by atoms with E-state index in [2.05, 4.69) is 0 Å². The van der Waals surface area contributed by atoms with Gasteiger partial charge in [-0.1, -0.05) is 61.7 Å². The summed E-state index contributed by atoms with van der Waals surface area (Å²) in [6.45, 7) is 3.57. The van der Waals surface area contributed by atoms with Crippen molar-refractivity contribution in [1.29, 1.82) is 0 Å². The Balaban J connectivity index is 1.73. The van der Waals surface area contributed by atoms with Crippen molar-refractivity contribution in [2.45, 2.75) is 64.0 Å². The van der Waals surface area contributed by atoms with Crippen LogP contribution in [0, 0.1) is 25.7 Å². The number of likely N-dealkylation sites (tertiary alicyclic amines) is 1. The summed E-state index contributed by atoms with van der Waals surface area (Å²) < 4.78 is 11.1. The summed E-state index contributed by atoms with van der Waals surface area (Å²) in [6.07, 6.45) is 4.58. The molecule has 2 N–H and O–H groups in total. The molecule has 7 heteroatoms. The number of amides is 2. The Bertz CT molecular complexity index is 1340. The second kappa shape index (κ2) is 11.1. The summed E-state index contributed by atoms with van der Waals surface area (Å²) in [5, 5.41) is 0. The molecule has 1 aliphatic heterocycles. The number of hydrogen-bond acceptors (Lipinski definition) is 5. The lowest BCUT2D eigenvalue weighted by atomic mass is 9.76. The molecule has 1 aromatic heterocycles. The molecule has 1 saturated heterocycles. The molecular formula is C32H36N2O5. The molecule has 39 heavy (non-hydrogen) atoms. The number of ether oxygens (including phenoxy) is 1. The van der Waals surface area contributed by atoms with Crippen molar-refractivity contribution in [3.05, 3.63) is 88.9 Å². The van der Waals surface area contributed by atoms with Gasteiger partial charge in [-0.25, -0.2) is 0 Å². The van der Waals surface area contributed by atoms with Crippen LogP contribution >= 0.6 is 0 Å². The Labute approximate surface area is 229 Å². The summed E-state index contributed by atoms with van der Waals surface area (Å²) in [4.78, 5) is 43.8. The molecule has 4 atom stereocenters. The number of nitrogens with two attached hydrogens (primary N) is 1. The van der Waals surface area contributed by atoms with Gasteiger partial charge in [-0.15, -0.1) is 0 Å². The van der Waals surface area contributed by atoms with Crippen molar-refractivity contribution < 1.29 is 23.5 Å². The molecule has 0 spiro atoms. The zero-order chi connectivity index (χ0) is 27.7. The fourth-order valence-corrected chi connectivity index (χ4v) is 6.66. The number of nitrogens with zero attached hydrogens (tertiary/aromatic N) is 1. The van der Waals surface area contributed by atoms with Gasteiger partial charge in [0.05, 0.1) is 24.6 Å². The number of carbonyl (C=O) groups is 3. The van der Waals surface area contributed by atoms with E-state index in [9.17, 15) is 14.4 Å². The first-order valence-corrected chi connectivity index (χ1v) is 13.7. The number of furan rings is 1. The van der Waals surface area contributed by atoms with Crippen molar-refractivity contribution in [3.8, 4) is 5.75 Å². The van der Waals surface area contributed by atoms with Gasteiger partial charge >= 0.3 is 0 Å². The van der Waals surface area contributed by atoms with Gasteiger partial charge in [0, 0.05) is 11.8 Å². The normalized spacial score (nSPS) is 23.5. The van der Waals surface area contributed by atoms with Gasteiger partial charge in [-0.05, 0) is 56.0 Å². The van der Waals surface area contributed by atoms with E-state index in [0.29, 0.717) is 22.8 Å². The number of methoxy groups -OCH3 is 1.